The first-order valence-corrected chi connectivity index (χ1v) is 11.1. The molecule has 1 fully saturated rings. The maximum atomic E-state index is 12.8. The fourth-order valence-electron chi connectivity index (χ4n) is 3.61. The number of nitrogens with one attached hydrogen (secondary N) is 2. The first-order chi connectivity index (χ1) is 13.2. The van der Waals surface area contributed by atoms with Gasteiger partial charge >= 0.3 is 0 Å². The number of ether oxygens (including phenoxy) is 2. The van der Waals surface area contributed by atoms with E-state index in [1.807, 2.05) is 13.8 Å². The quantitative estimate of drug-likeness (QED) is 0.641. The van der Waals surface area contributed by atoms with Crippen molar-refractivity contribution >= 4 is 21.6 Å². The van der Waals surface area contributed by atoms with Gasteiger partial charge in [0.05, 0.1) is 17.7 Å². The van der Waals surface area contributed by atoms with Gasteiger partial charge in [-0.15, -0.1) is 0 Å². The van der Waals surface area contributed by atoms with E-state index in [9.17, 15) is 13.2 Å². The predicted octanol–water partition coefficient (Wildman–Crippen LogP) is 0.356. The zero-order valence-electron chi connectivity index (χ0n) is 17.3. The fourth-order valence-corrected chi connectivity index (χ4v) is 5.10. The van der Waals surface area contributed by atoms with E-state index in [0.717, 1.165) is 18.0 Å². The summed E-state index contributed by atoms with van der Waals surface area (Å²) < 4.78 is 37.9. The second-order valence-corrected chi connectivity index (χ2v) is 9.03. The maximum Gasteiger partial charge on any atom is 0.279 e. The molecule has 0 unspecified atom stereocenters. The van der Waals surface area contributed by atoms with Crippen LogP contribution in [-0.4, -0.2) is 70.7 Å². The Kier molecular flexibility index (Phi) is 7.82. The number of morpholine rings is 1. The second kappa shape index (κ2) is 9.69. The average Bonchev–Trinajstić information content (AvgIpc) is 2.61. The number of methoxy groups -OCH3 is 1. The molecule has 1 amide bonds. The third-order valence-corrected chi connectivity index (χ3v) is 6.86. The van der Waals surface area contributed by atoms with Gasteiger partial charge in [-0.25, -0.2) is 8.42 Å². The van der Waals surface area contributed by atoms with Crippen molar-refractivity contribution in [1.82, 2.24) is 4.31 Å². The van der Waals surface area contributed by atoms with Crippen LogP contribution in [0.2, 0.25) is 0 Å². The van der Waals surface area contributed by atoms with Crippen molar-refractivity contribution in [2.45, 2.75) is 44.8 Å². The normalized spacial score (nSPS) is 22.9. The third-order valence-electron chi connectivity index (χ3n) is 4.82. The molecule has 1 saturated heterocycles. The van der Waals surface area contributed by atoms with Crippen LogP contribution >= 0.6 is 0 Å². The Balaban J connectivity index is 2.19. The zero-order valence-corrected chi connectivity index (χ0v) is 18.1. The lowest BCUT2D eigenvalue weighted by molar-refractivity contribution is -0.907. The van der Waals surface area contributed by atoms with Crippen molar-refractivity contribution in [2.75, 3.05) is 45.2 Å². The minimum Gasteiger partial charge on any atom is -0.495 e. The molecule has 0 bridgehead atoms. The number of anilines is 1. The van der Waals surface area contributed by atoms with Crippen LogP contribution in [0, 0.1) is 0 Å². The smallest absolute Gasteiger partial charge is 0.279 e. The number of carbonyl (C=O) groups is 1. The van der Waals surface area contributed by atoms with Crippen molar-refractivity contribution in [3.63, 3.8) is 0 Å². The molecule has 1 aromatic carbocycles. The van der Waals surface area contributed by atoms with Crippen molar-refractivity contribution in [2.24, 2.45) is 0 Å². The molecule has 0 spiro atoms. The number of quaternary nitrogens is 1. The number of rotatable bonds is 8. The Hall–Kier alpha value is -1.68. The highest BCUT2D eigenvalue weighted by molar-refractivity contribution is 7.89. The van der Waals surface area contributed by atoms with Gasteiger partial charge < -0.3 is 19.7 Å². The summed E-state index contributed by atoms with van der Waals surface area (Å²) in [5, 5.41) is 2.82. The van der Waals surface area contributed by atoms with Crippen molar-refractivity contribution < 1.29 is 27.6 Å². The third kappa shape index (κ3) is 5.44. The molecule has 28 heavy (non-hydrogen) atoms. The standard InChI is InChI=1S/C19H31N3O5S/c1-6-22(7-2)28(24,25)16-8-9-18(26-5)17(10-16)20-19(23)13-21-11-14(3)27-15(4)12-21/h8-10,14-15H,6-7,11-13H2,1-5H3,(H,20,23)/p+1/t14-,15-/m1/s1. The Morgan fingerprint density at radius 2 is 1.86 bits per heavy atom. The summed E-state index contributed by atoms with van der Waals surface area (Å²) >= 11 is 0. The Morgan fingerprint density at radius 3 is 2.39 bits per heavy atom. The van der Waals surface area contributed by atoms with Crippen LogP contribution in [0.1, 0.15) is 27.7 Å². The topological polar surface area (TPSA) is 89.4 Å². The number of benzene rings is 1. The van der Waals surface area contributed by atoms with Gasteiger partial charge in [0.1, 0.15) is 31.0 Å². The zero-order chi connectivity index (χ0) is 20.9. The molecule has 0 aliphatic carbocycles. The SMILES string of the molecule is CCN(CC)S(=O)(=O)c1ccc(OC)c(NC(=O)C[NH+]2C[C@@H](C)O[C@H](C)C2)c1. The van der Waals surface area contributed by atoms with E-state index in [4.69, 9.17) is 9.47 Å². The van der Waals surface area contributed by atoms with E-state index in [2.05, 4.69) is 5.32 Å². The van der Waals surface area contributed by atoms with E-state index < -0.39 is 10.0 Å². The lowest BCUT2D eigenvalue weighted by Gasteiger charge is -2.32. The van der Waals surface area contributed by atoms with E-state index in [1.165, 1.54) is 23.5 Å². The molecule has 2 N–H and O–H groups in total. The lowest BCUT2D eigenvalue weighted by atomic mass is 10.2. The molecule has 158 valence electrons. The number of nitrogens with zero attached hydrogens (tertiary/aromatic N) is 1. The minimum absolute atomic E-state index is 0.101. The minimum atomic E-state index is -3.62. The summed E-state index contributed by atoms with van der Waals surface area (Å²) in [6.07, 6.45) is 0.201. The van der Waals surface area contributed by atoms with E-state index in [-0.39, 0.29) is 29.6 Å². The van der Waals surface area contributed by atoms with Gasteiger partial charge in [-0.2, -0.15) is 4.31 Å². The number of hydrogen-bond donors (Lipinski definition) is 2. The second-order valence-electron chi connectivity index (χ2n) is 7.09. The summed E-state index contributed by atoms with van der Waals surface area (Å²) in [5.41, 5.74) is 0.356. The van der Waals surface area contributed by atoms with Crippen molar-refractivity contribution in [3.8, 4) is 5.75 Å². The first-order valence-electron chi connectivity index (χ1n) is 9.68. The average molecular weight is 415 g/mol. The number of amides is 1. The van der Waals surface area contributed by atoms with Gasteiger partial charge in [-0.3, -0.25) is 4.79 Å². The molecule has 0 radical (unpaired) electrons. The van der Waals surface area contributed by atoms with Gasteiger partial charge in [0.2, 0.25) is 10.0 Å². The van der Waals surface area contributed by atoms with Crippen LogP contribution in [0.15, 0.2) is 23.1 Å². The summed E-state index contributed by atoms with van der Waals surface area (Å²) in [6.45, 7) is 10.1. The molecule has 1 aromatic rings. The first kappa shape index (κ1) is 22.6. The molecule has 1 heterocycles. The van der Waals surface area contributed by atoms with E-state index in [1.54, 1.807) is 19.9 Å². The molecule has 1 aliphatic heterocycles. The molecular weight excluding hydrogens is 382 g/mol. The molecule has 2 rings (SSSR count). The van der Waals surface area contributed by atoms with Crippen LogP contribution < -0.4 is 15.0 Å². The predicted molar refractivity (Wildman–Crippen MR) is 107 cm³/mol. The fraction of sp³-hybridized carbons (Fsp3) is 0.632. The van der Waals surface area contributed by atoms with Gasteiger partial charge in [-0.05, 0) is 32.0 Å². The highest BCUT2D eigenvalue weighted by Crippen LogP contribution is 2.28. The number of carbonyl (C=O) groups excluding carboxylic acids is 1. The lowest BCUT2D eigenvalue weighted by Crippen LogP contribution is -3.16. The molecule has 1 aliphatic rings. The van der Waals surface area contributed by atoms with Gasteiger partial charge in [0, 0.05) is 13.1 Å². The number of hydrogen-bond acceptors (Lipinski definition) is 5. The van der Waals surface area contributed by atoms with Crippen LogP contribution in [0.5, 0.6) is 5.75 Å². The molecular formula is C19H32N3O5S+. The molecule has 8 nitrogen and oxygen atoms in total. The van der Waals surface area contributed by atoms with Gasteiger partial charge in [0.15, 0.2) is 6.54 Å². The highest BCUT2D eigenvalue weighted by Gasteiger charge is 2.28. The summed E-state index contributed by atoms with van der Waals surface area (Å²) in [4.78, 5) is 13.8. The van der Waals surface area contributed by atoms with Crippen molar-refractivity contribution in [3.05, 3.63) is 18.2 Å². The van der Waals surface area contributed by atoms with Gasteiger partial charge in [-0.1, -0.05) is 13.8 Å². The summed E-state index contributed by atoms with van der Waals surface area (Å²) in [5.74, 6) is 0.234. The largest absolute Gasteiger partial charge is 0.495 e. The summed E-state index contributed by atoms with van der Waals surface area (Å²) in [6, 6.07) is 4.53. The summed E-state index contributed by atoms with van der Waals surface area (Å²) in [7, 11) is -2.14. The molecule has 9 heteroatoms. The monoisotopic (exact) mass is 414 g/mol. The maximum absolute atomic E-state index is 12.8. The Morgan fingerprint density at radius 1 is 1.25 bits per heavy atom. The highest BCUT2D eigenvalue weighted by atomic mass is 32.2. The van der Waals surface area contributed by atoms with Crippen molar-refractivity contribution in [1.29, 1.82) is 0 Å². The van der Waals surface area contributed by atoms with Crippen LogP contribution in [0.25, 0.3) is 0 Å². The van der Waals surface area contributed by atoms with E-state index in [0.29, 0.717) is 24.5 Å². The Labute approximate surface area is 167 Å². The van der Waals surface area contributed by atoms with Crippen LogP contribution in [-0.2, 0) is 19.6 Å². The van der Waals surface area contributed by atoms with Gasteiger partial charge in [0.25, 0.3) is 5.91 Å². The molecule has 0 aromatic heterocycles. The molecule has 2 atom stereocenters. The number of sulfonamides is 1. The molecule has 0 saturated carbocycles. The van der Waals surface area contributed by atoms with E-state index >= 15 is 0 Å². The van der Waals surface area contributed by atoms with Crippen LogP contribution in [0.4, 0.5) is 5.69 Å². The van der Waals surface area contributed by atoms with Crippen LogP contribution in [0.3, 0.4) is 0 Å². The Bertz CT molecular complexity index is 770.